The molecule has 0 amide bonds. The molecule has 0 N–H and O–H groups in total. The van der Waals surface area contributed by atoms with Crippen LogP contribution in [0.3, 0.4) is 0 Å². The average molecular weight is 645 g/mol. The molecule has 6 heteroatoms. The monoisotopic (exact) mass is 644 g/mol. The first-order valence-corrected chi connectivity index (χ1v) is 18.5. The number of ether oxygens (including phenoxy) is 2. The maximum Gasteiger partial charge on any atom is 0.336 e. The molecule has 3 fully saturated rings. The van der Waals surface area contributed by atoms with E-state index in [2.05, 4.69) is 40.7 Å². The van der Waals surface area contributed by atoms with Gasteiger partial charge in [-0.05, 0) is 116 Å². The zero-order valence-electron chi connectivity index (χ0n) is 29.6. The van der Waals surface area contributed by atoms with Crippen molar-refractivity contribution in [2.75, 3.05) is 0 Å². The quantitative estimate of drug-likeness (QED) is 0.111. The Morgan fingerprint density at radius 3 is 2.53 bits per heavy atom. The molecule has 3 saturated carbocycles. The first kappa shape index (κ1) is 34.0. The molecule has 0 aliphatic heterocycles. The van der Waals surface area contributed by atoms with Gasteiger partial charge in [0, 0.05) is 23.9 Å². The van der Waals surface area contributed by atoms with Gasteiger partial charge in [0.25, 0.3) is 0 Å². The van der Waals surface area contributed by atoms with E-state index in [0.29, 0.717) is 11.0 Å². The van der Waals surface area contributed by atoms with Gasteiger partial charge in [-0.25, -0.2) is 4.79 Å². The predicted molar refractivity (Wildman–Crippen MR) is 185 cm³/mol. The summed E-state index contributed by atoms with van der Waals surface area (Å²) in [7, 11) is 0. The highest BCUT2D eigenvalue weighted by Gasteiger charge is 2.59. The molecule has 1 aromatic carbocycles. The Bertz CT molecular complexity index is 1570. The van der Waals surface area contributed by atoms with Gasteiger partial charge in [0.1, 0.15) is 17.4 Å². The predicted octanol–water partition coefficient (Wildman–Crippen LogP) is 9.74. The first-order valence-electron chi connectivity index (χ1n) is 18.5. The molecule has 47 heavy (non-hydrogen) atoms. The summed E-state index contributed by atoms with van der Waals surface area (Å²) in [4.78, 5) is 37.1. The summed E-state index contributed by atoms with van der Waals surface area (Å²) in [5, 5.41) is 0.784. The van der Waals surface area contributed by atoms with Crippen molar-refractivity contribution < 1.29 is 23.5 Å². The molecule has 6 rings (SSSR count). The molecule has 1 heterocycles. The zero-order valence-corrected chi connectivity index (χ0v) is 29.6. The molecule has 0 saturated heterocycles. The van der Waals surface area contributed by atoms with Crippen LogP contribution in [-0.4, -0.2) is 18.0 Å². The number of allylic oxidation sites excluding steroid dienone is 1. The summed E-state index contributed by atoms with van der Waals surface area (Å²) < 4.78 is 16.6. The van der Waals surface area contributed by atoms with Gasteiger partial charge in [0.05, 0.1) is 12.8 Å². The molecule has 0 bridgehead atoms. The molecule has 0 radical (unpaired) electrons. The molecule has 4 aliphatic carbocycles. The second-order valence-electron chi connectivity index (χ2n) is 16.5. The van der Waals surface area contributed by atoms with E-state index in [0.717, 1.165) is 65.7 Å². The second kappa shape index (κ2) is 13.6. The van der Waals surface area contributed by atoms with E-state index < -0.39 is 11.6 Å². The van der Waals surface area contributed by atoms with E-state index in [1.807, 2.05) is 6.92 Å². The lowest BCUT2D eigenvalue weighted by atomic mass is 9.47. The third-order valence-corrected chi connectivity index (χ3v) is 13.2. The number of fused-ring (bicyclic) bond motifs is 6. The molecular weight excluding hydrogens is 588 g/mol. The summed E-state index contributed by atoms with van der Waals surface area (Å²) in [6, 6.07) is 6.39. The van der Waals surface area contributed by atoms with Crippen molar-refractivity contribution in [1.29, 1.82) is 0 Å². The van der Waals surface area contributed by atoms with Gasteiger partial charge >= 0.3 is 17.6 Å². The van der Waals surface area contributed by atoms with Crippen LogP contribution in [0.2, 0.25) is 0 Å². The van der Waals surface area contributed by atoms with Gasteiger partial charge in [-0.15, -0.1) is 0 Å². The van der Waals surface area contributed by atoms with E-state index in [-0.39, 0.29) is 36.1 Å². The summed E-state index contributed by atoms with van der Waals surface area (Å²) >= 11 is 0. The van der Waals surface area contributed by atoms with Crippen molar-refractivity contribution in [1.82, 2.24) is 0 Å². The van der Waals surface area contributed by atoms with Crippen LogP contribution in [0, 0.1) is 53.3 Å². The van der Waals surface area contributed by atoms with E-state index in [1.165, 1.54) is 69.1 Å². The fourth-order valence-corrected chi connectivity index (χ4v) is 10.8. The smallest absolute Gasteiger partial charge is 0.336 e. The molecular formula is C41H56O6. The van der Waals surface area contributed by atoms with Gasteiger partial charge in [0.15, 0.2) is 0 Å². The second-order valence-corrected chi connectivity index (χ2v) is 16.5. The highest BCUT2D eigenvalue weighted by atomic mass is 16.5. The minimum absolute atomic E-state index is 0.0184. The van der Waals surface area contributed by atoms with Gasteiger partial charge < -0.3 is 13.9 Å². The van der Waals surface area contributed by atoms with Crippen LogP contribution >= 0.6 is 0 Å². The topological polar surface area (TPSA) is 82.8 Å². The summed E-state index contributed by atoms with van der Waals surface area (Å²) in [5.41, 5.74) is 2.90. The standard InChI is InChI=1S/C41H56O6/c1-25(2)8-7-9-26(3)33-14-15-34-32-12-10-28-23-30(18-20-40(28,5)35(32)19-21-41(33,34)6)46-38(43)17-16-37(42)45-29-11-13-31-27(4)22-39(44)47-36(31)24-29/h10-11,13,22,24-26,30,32-35H,7-9,12,14-21,23H2,1-6H3. The maximum absolute atomic E-state index is 12.8. The van der Waals surface area contributed by atoms with Crippen LogP contribution < -0.4 is 10.4 Å². The average Bonchev–Trinajstić information content (AvgIpc) is 3.37. The van der Waals surface area contributed by atoms with Gasteiger partial charge in [0.2, 0.25) is 0 Å². The summed E-state index contributed by atoms with van der Waals surface area (Å²) in [6.07, 6.45) is 15.9. The number of hydrogen-bond acceptors (Lipinski definition) is 6. The molecule has 6 nitrogen and oxygen atoms in total. The van der Waals surface area contributed by atoms with Crippen molar-refractivity contribution in [2.24, 2.45) is 46.3 Å². The van der Waals surface area contributed by atoms with Crippen molar-refractivity contribution in [2.45, 2.75) is 131 Å². The van der Waals surface area contributed by atoms with Crippen molar-refractivity contribution in [3.63, 3.8) is 0 Å². The SMILES string of the molecule is Cc1cc(=O)oc2cc(OC(=O)CCC(=O)OC3CCC4(C)C(=CCC5C4CCC4(C)C(C(C)CCCC(C)C)CCC54)C3)ccc12. The lowest BCUT2D eigenvalue weighted by Crippen LogP contribution is -2.51. The van der Waals surface area contributed by atoms with Crippen LogP contribution in [0.25, 0.3) is 11.0 Å². The third kappa shape index (κ3) is 6.85. The number of benzene rings is 1. The normalized spacial score (nSPS) is 32.2. The number of carbonyl (C=O) groups is 2. The van der Waals surface area contributed by atoms with Crippen molar-refractivity contribution in [3.8, 4) is 5.75 Å². The van der Waals surface area contributed by atoms with Crippen LogP contribution in [0.4, 0.5) is 0 Å². The van der Waals surface area contributed by atoms with E-state index >= 15 is 0 Å². The lowest BCUT2D eigenvalue weighted by molar-refractivity contribution is -0.153. The van der Waals surface area contributed by atoms with Gasteiger partial charge in [-0.2, -0.15) is 0 Å². The molecule has 256 valence electrons. The van der Waals surface area contributed by atoms with E-state index in [4.69, 9.17) is 13.9 Å². The molecule has 4 aliphatic rings. The number of rotatable bonds is 10. The minimum Gasteiger partial charge on any atom is -0.462 e. The largest absolute Gasteiger partial charge is 0.462 e. The molecule has 1 aromatic heterocycles. The molecule has 8 atom stereocenters. The van der Waals surface area contributed by atoms with Gasteiger partial charge in [-0.3, -0.25) is 9.59 Å². The summed E-state index contributed by atoms with van der Waals surface area (Å²) in [5.74, 6) is 4.25. The fraction of sp³-hybridized carbons (Fsp3) is 0.683. The Balaban J connectivity index is 1.01. The Morgan fingerprint density at radius 2 is 1.74 bits per heavy atom. The highest BCUT2D eigenvalue weighted by molar-refractivity contribution is 5.83. The van der Waals surface area contributed by atoms with E-state index in [9.17, 15) is 14.4 Å². The van der Waals surface area contributed by atoms with Crippen LogP contribution in [0.15, 0.2) is 45.1 Å². The molecule has 0 spiro atoms. The Labute approximate surface area is 281 Å². The number of hydrogen-bond donors (Lipinski definition) is 0. The highest BCUT2D eigenvalue weighted by Crippen LogP contribution is 2.67. The number of esters is 2. The van der Waals surface area contributed by atoms with Crippen molar-refractivity contribution >= 4 is 22.9 Å². The fourth-order valence-electron chi connectivity index (χ4n) is 10.8. The van der Waals surface area contributed by atoms with Crippen LogP contribution in [0.1, 0.15) is 124 Å². The Kier molecular flexibility index (Phi) is 9.80. The maximum atomic E-state index is 12.8. The third-order valence-electron chi connectivity index (χ3n) is 13.2. The first-order chi connectivity index (χ1) is 22.4. The van der Waals surface area contributed by atoms with Gasteiger partial charge in [-0.1, -0.05) is 65.5 Å². The van der Waals surface area contributed by atoms with Crippen LogP contribution in [0.5, 0.6) is 5.75 Å². The molecule has 8 unspecified atom stereocenters. The zero-order chi connectivity index (χ0) is 33.5. The summed E-state index contributed by atoms with van der Waals surface area (Å²) in [6.45, 7) is 14.2. The molecule has 2 aromatic rings. The Hall–Kier alpha value is -2.89. The number of aryl methyl sites for hydroxylation is 1. The van der Waals surface area contributed by atoms with Crippen LogP contribution in [-0.2, 0) is 14.3 Å². The minimum atomic E-state index is -0.517. The lowest BCUT2D eigenvalue weighted by Gasteiger charge is -2.58. The van der Waals surface area contributed by atoms with Crippen molar-refractivity contribution in [3.05, 3.63) is 51.9 Å². The van der Waals surface area contributed by atoms with E-state index in [1.54, 1.807) is 12.1 Å². The Morgan fingerprint density at radius 1 is 0.957 bits per heavy atom. The number of carbonyl (C=O) groups excluding carboxylic acids is 2.